The molecule has 3 heteroatoms. The van der Waals surface area contributed by atoms with E-state index in [-0.39, 0.29) is 0 Å². The molecule has 1 aliphatic rings. The lowest BCUT2D eigenvalue weighted by Gasteiger charge is -2.28. The van der Waals surface area contributed by atoms with Crippen LogP contribution < -0.4 is 4.74 Å². The Bertz CT molecular complexity index is 703. The van der Waals surface area contributed by atoms with Crippen LogP contribution >= 0.6 is 0 Å². The normalized spacial score (nSPS) is 19.0. The Hall–Kier alpha value is -1.90. The van der Waals surface area contributed by atoms with Crippen LogP contribution in [0.15, 0.2) is 36.7 Å². The Morgan fingerprint density at radius 3 is 2.20 bits per heavy atom. The van der Waals surface area contributed by atoms with Crippen molar-refractivity contribution in [2.45, 2.75) is 90.9 Å². The van der Waals surface area contributed by atoms with Gasteiger partial charge in [-0.05, 0) is 55.4 Å². The molecule has 0 saturated heterocycles. The molecule has 0 N–H and O–H groups in total. The molecule has 1 saturated carbocycles. The zero-order chi connectivity index (χ0) is 21.0. The summed E-state index contributed by atoms with van der Waals surface area (Å²) in [6, 6.07) is 8.32. The van der Waals surface area contributed by atoms with Crippen LogP contribution in [-0.2, 0) is 6.42 Å². The molecule has 0 atom stereocenters. The monoisotopic (exact) mass is 408 g/mol. The zero-order valence-corrected chi connectivity index (χ0v) is 19.1. The van der Waals surface area contributed by atoms with Gasteiger partial charge in [0.2, 0.25) is 0 Å². The van der Waals surface area contributed by atoms with E-state index in [2.05, 4.69) is 48.1 Å². The summed E-state index contributed by atoms with van der Waals surface area (Å²) in [7, 11) is 0. The van der Waals surface area contributed by atoms with Gasteiger partial charge in [0.1, 0.15) is 5.75 Å². The fraction of sp³-hybridized carbons (Fsp3) is 0.630. The molecule has 2 aromatic rings. The second kappa shape index (κ2) is 12.7. The minimum absolute atomic E-state index is 0.720. The molecule has 0 bridgehead atoms. The van der Waals surface area contributed by atoms with Crippen molar-refractivity contribution in [2.24, 2.45) is 11.8 Å². The first-order valence-corrected chi connectivity index (χ1v) is 12.3. The minimum Gasteiger partial charge on any atom is -0.493 e. The summed E-state index contributed by atoms with van der Waals surface area (Å²) in [5.41, 5.74) is 3.08. The average Bonchev–Trinajstić information content (AvgIpc) is 2.79. The van der Waals surface area contributed by atoms with Crippen LogP contribution in [0.25, 0.3) is 11.3 Å². The molecule has 0 amide bonds. The fourth-order valence-electron chi connectivity index (χ4n) is 4.55. The van der Waals surface area contributed by atoms with Crippen LogP contribution in [0.1, 0.15) is 90.2 Å². The van der Waals surface area contributed by atoms with Gasteiger partial charge >= 0.3 is 0 Å². The number of hydrogen-bond acceptors (Lipinski definition) is 3. The first kappa shape index (κ1) is 22.8. The van der Waals surface area contributed by atoms with E-state index in [9.17, 15) is 0 Å². The van der Waals surface area contributed by atoms with Gasteiger partial charge in [-0.15, -0.1) is 0 Å². The first-order chi connectivity index (χ1) is 14.8. The SMILES string of the molecule is CCCCCCC[C@H]1CC[C@H](COc2ccc(-c3cnc(CCC)cn3)cc2)CC1. The summed E-state index contributed by atoms with van der Waals surface area (Å²) < 4.78 is 6.11. The molecular formula is C27H40N2O. The number of nitrogens with zero attached hydrogens (tertiary/aromatic N) is 2. The van der Waals surface area contributed by atoms with Crippen molar-refractivity contribution in [3.63, 3.8) is 0 Å². The van der Waals surface area contributed by atoms with Gasteiger partial charge in [-0.1, -0.05) is 71.6 Å². The van der Waals surface area contributed by atoms with Gasteiger partial charge in [-0.2, -0.15) is 0 Å². The van der Waals surface area contributed by atoms with Crippen molar-refractivity contribution >= 4 is 0 Å². The number of rotatable bonds is 12. The van der Waals surface area contributed by atoms with E-state index < -0.39 is 0 Å². The van der Waals surface area contributed by atoms with Crippen molar-refractivity contribution in [2.75, 3.05) is 6.61 Å². The van der Waals surface area contributed by atoms with E-state index in [0.717, 1.165) is 54.0 Å². The standard InChI is InChI=1S/C27H40N2O/c1-3-5-6-7-8-10-22-11-13-23(14-12-22)21-30-26-17-15-24(16-18-26)27-20-28-25(9-4-2)19-29-27/h15-20,22-23H,3-14,21H2,1-2H3/t22-,23-. The molecule has 3 rings (SSSR count). The molecule has 164 valence electrons. The molecule has 1 fully saturated rings. The van der Waals surface area contributed by atoms with Gasteiger partial charge in [0.15, 0.2) is 0 Å². The molecule has 0 unspecified atom stereocenters. The number of aromatic nitrogens is 2. The third kappa shape index (κ3) is 7.41. The van der Waals surface area contributed by atoms with Crippen LogP contribution in [0.5, 0.6) is 5.75 Å². The third-order valence-corrected chi connectivity index (χ3v) is 6.53. The second-order valence-corrected chi connectivity index (χ2v) is 9.07. The van der Waals surface area contributed by atoms with Crippen LogP contribution in [0.4, 0.5) is 0 Å². The van der Waals surface area contributed by atoms with Crippen LogP contribution in [0, 0.1) is 11.8 Å². The Morgan fingerprint density at radius 2 is 1.53 bits per heavy atom. The Morgan fingerprint density at radius 1 is 0.800 bits per heavy atom. The van der Waals surface area contributed by atoms with E-state index in [0.29, 0.717) is 0 Å². The predicted octanol–water partition coefficient (Wildman–Crippen LogP) is 7.64. The van der Waals surface area contributed by atoms with Gasteiger partial charge in [0, 0.05) is 11.8 Å². The molecule has 3 nitrogen and oxygen atoms in total. The smallest absolute Gasteiger partial charge is 0.119 e. The number of ether oxygens (including phenoxy) is 1. The lowest BCUT2D eigenvalue weighted by atomic mass is 9.80. The number of benzene rings is 1. The number of aryl methyl sites for hydroxylation is 1. The lowest BCUT2D eigenvalue weighted by molar-refractivity contribution is 0.177. The van der Waals surface area contributed by atoms with E-state index in [1.165, 1.54) is 64.2 Å². The molecule has 0 radical (unpaired) electrons. The maximum atomic E-state index is 6.11. The van der Waals surface area contributed by atoms with Gasteiger partial charge in [-0.3, -0.25) is 9.97 Å². The molecule has 1 aliphatic carbocycles. The van der Waals surface area contributed by atoms with Crippen molar-refractivity contribution in [3.8, 4) is 17.0 Å². The molecule has 1 heterocycles. The maximum absolute atomic E-state index is 6.11. The summed E-state index contributed by atoms with van der Waals surface area (Å²) >= 11 is 0. The molecular weight excluding hydrogens is 368 g/mol. The highest BCUT2D eigenvalue weighted by atomic mass is 16.5. The largest absolute Gasteiger partial charge is 0.493 e. The van der Waals surface area contributed by atoms with Gasteiger partial charge in [-0.25, -0.2) is 0 Å². The lowest BCUT2D eigenvalue weighted by Crippen LogP contribution is -2.20. The molecule has 0 spiro atoms. The van der Waals surface area contributed by atoms with E-state index >= 15 is 0 Å². The van der Waals surface area contributed by atoms with Crippen LogP contribution in [0.2, 0.25) is 0 Å². The third-order valence-electron chi connectivity index (χ3n) is 6.53. The number of unbranched alkanes of at least 4 members (excludes halogenated alkanes) is 4. The van der Waals surface area contributed by atoms with E-state index in [1.807, 2.05) is 12.4 Å². The zero-order valence-electron chi connectivity index (χ0n) is 19.1. The Labute approximate surface area is 183 Å². The number of hydrogen-bond donors (Lipinski definition) is 0. The van der Waals surface area contributed by atoms with Crippen molar-refractivity contribution < 1.29 is 4.74 Å². The van der Waals surface area contributed by atoms with Crippen molar-refractivity contribution in [3.05, 3.63) is 42.4 Å². The minimum atomic E-state index is 0.720. The summed E-state index contributed by atoms with van der Waals surface area (Å²) in [5.74, 6) is 2.65. The molecule has 1 aromatic carbocycles. The topological polar surface area (TPSA) is 35.0 Å². The van der Waals surface area contributed by atoms with Crippen LogP contribution in [0.3, 0.4) is 0 Å². The summed E-state index contributed by atoms with van der Waals surface area (Å²) in [6.07, 6.45) is 19.8. The highest BCUT2D eigenvalue weighted by Crippen LogP contribution is 2.32. The van der Waals surface area contributed by atoms with Crippen LogP contribution in [-0.4, -0.2) is 16.6 Å². The summed E-state index contributed by atoms with van der Waals surface area (Å²) in [6.45, 7) is 5.31. The Kier molecular flexibility index (Phi) is 9.66. The summed E-state index contributed by atoms with van der Waals surface area (Å²) in [5, 5.41) is 0. The fourth-order valence-corrected chi connectivity index (χ4v) is 4.55. The maximum Gasteiger partial charge on any atom is 0.119 e. The quantitative estimate of drug-likeness (QED) is 0.338. The summed E-state index contributed by atoms with van der Waals surface area (Å²) in [4.78, 5) is 9.06. The van der Waals surface area contributed by atoms with Crippen molar-refractivity contribution in [1.82, 2.24) is 9.97 Å². The Balaban J connectivity index is 1.36. The van der Waals surface area contributed by atoms with Gasteiger partial charge in [0.25, 0.3) is 0 Å². The first-order valence-electron chi connectivity index (χ1n) is 12.3. The van der Waals surface area contributed by atoms with Gasteiger partial charge < -0.3 is 4.74 Å². The average molecular weight is 409 g/mol. The predicted molar refractivity (Wildman–Crippen MR) is 126 cm³/mol. The highest BCUT2D eigenvalue weighted by Gasteiger charge is 2.21. The molecule has 1 aromatic heterocycles. The van der Waals surface area contributed by atoms with Gasteiger partial charge in [0.05, 0.1) is 24.2 Å². The second-order valence-electron chi connectivity index (χ2n) is 9.07. The highest BCUT2D eigenvalue weighted by molar-refractivity contribution is 5.58. The van der Waals surface area contributed by atoms with Crippen molar-refractivity contribution in [1.29, 1.82) is 0 Å². The van der Waals surface area contributed by atoms with E-state index in [1.54, 1.807) is 0 Å². The molecule has 0 aliphatic heterocycles. The van der Waals surface area contributed by atoms with E-state index in [4.69, 9.17) is 4.74 Å². The molecule has 30 heavy (non-hydrogen) atoms.